The molecule has 0 spiro atoms. The van der Waals surface area contributed by atoms with Gasteiger partial charge in [0.05, 0.1) is 26.4 Å². The van der Waals surface area contributed by atoms with E-state index in [4.69, 9.17) is 37.0 Å². The van der Waals surface area contributed by atoms with Gasteiger partial charge in [-0.25, -0.2) is 9.13 Å². The molecule has 0 rings (SSSR count). The summed E-state index contributed by atoms with van der Waals surface area (Å²) < 4.78 is 68.8. The average molecular weight is 1510 g/mol. The van der Waals surface area contributed by atoms with E-state index in [1.807, 2.05) is 0 Å². The summed E-state index contributed by atoms with van der Waals surface area (Å²) in [7, 11) is -9.92. The van der Waals surface area contributed by atoms with Gasteiger partial charge in [-0.05, 0) is 37.5 Å². The SMILES string of the molecule is CCCCCCCCCCCCCCCC(=O)OC[C@H](COP(=O)(O)OC[C@H](O)COP(=O)(O)OC[C@@H](COC(=O)CCCCCCCCCCCCCCC(C)C)OC(=O)CCCCCCCCCCCCCCCCCCCCC(C)CC)OC(=O)CCCCCCCCCCCCCCC. The van der Waals surface area contributed by atoms with Crippen molar-refractivity contribution in [3.8, 4) is 0 Å². The van der Waals surface area contributed by atoms with Gasteiger partial charge >= 0.3 is 39.5 Å². The van der Waals surface area contributed by atoms with Gasteiger partial charge in [0.25, 0.3) is 0 Å². The second-order valence-corrected chi connectivity index (χ2v) is 33.8. The van der Waals surface area contributed by atoms with Gasteiger partial charge in [0.1, 0.15) is 19.3 Å². The summed E-state index contributed by atoms with van der Waals surface area (Å²) in [5.41, 5.74) is 0. The highest BCUT2D eigenvalue weighted by molar-refractivity contribution is 7.47. The Morgan fingerprint density at radius 1 is 0.282 bits per heavy atom. The number of unbranched alkanes of at least 4 members (excludes halogenated alkanes) is 52. The molecule has 0 aromatic heterocycles. The van der Waals surface area contributed by atoms with Crippen molar-refractivity contribution in [1.29, 1.82) is 0 Å². The van der Waals surface area contributed by atoms with Crippen LogP contribution in [0.25, 0.3) is 0 Å². The monoisotopic (exact) mass is 1510 g/mol. The van der Waals surface area contributed by atoms with E-state index >= 15 is 0 Å². The van der Waals surface area contributed by atoms with Crippen molar-refractivity contribution < 1.29 is 80.2 Å². The van der Waals surface area contributed by atoms with Gasteiger partial charge in [-0.2, -0.15) is 0 Å². The molecule has 0 saturated carbocycles. The number of aliphatic hydroxyl groups is 1. The van der Waals surface area contributed by atoms with E-state index in [0.717, 1.165) is 102 Å². The summed E-state index contributed by atoms with van der Waals surface area (Å²) in [6.45, 7) is 9.74. The second kappa shape index (κ2) is 75.5. The van der Waals surface area contributed by atoms with Crippen LogP contribution >= 0.6 is 15.6 Å². The molecule has 0 heterocycles. The smallest absolute Gasteiger partial charge is 0.462 e. The highest BCUT2D eigenvalue weighted by Gasteiger charge is 2.30. The molecule has 0 saturated heterocycles. The Morgan fingerprint density at radius 2 is 0.495 bits per heavy atom. The zero-order chi connectivity index (χ0) is 75.6. The minimum Gasteiger partial charge on any atom is -0.462 e. The summed E-state index contributed by atoms with van der Waals surface area (Å²) in [5.74, 6) is -0.449. The number of rotatable bonds is 83. The van der Waals surface area contributed by atoms with Crippen molar-refractivity contribution >= 4 is 39.5 Å². The van der Waals surface area contributed by atoms with Crippen LogP contribution in [0.1, 0.15) is 446 Å². The number of carbonyl (C=O) groups excluding carboxylic acids is 4. The number of phosphoric ester groups is 2. The van der Waals surface area contributed by atoms with Gasteiger partial charge in [-0.3, -0.25) is 37.3 Å². The standard InChI is InChI=1S/C84H164O17P2/c1-7-10-12-14-16-18-20-28-36-42-48-54-60-66-81(86)94-72-79(100-83(88)68-62-56-50-44-38-29-21-19-17-15-13-11-8-2)74-98-102(90,91)96-70-78(85)71-97-103(92,93)99-75-80(73-95-82(87)67-61-55-49-43-37-33-32-34-40-46-52-58-64-76(4)5)101-84(89)69-63-57-51-45-39-31-27-25-23-22-24-26-30-35-41-47-53-59-65-77(6)9-3/h76-80,85H,7-75H2,1-6H3,(H,90,91)(H,92,93)/t77?,78-,79+,80+/m0/s1. The van der Waals surface area contributed by atoms with Crippen molar-refractivity contribution in [2.45, 2.75) is 464 Å². The molecule has 0 aliphatic heterocycles. The third kappa shape index (κ3) is 76.6. The van der Waals surface area contributed by atoms with Crippen LogP contribution in [0, 0.1) is 11.8 Å². The van der Waals surface area contributed by atoms with E-state index in [9.17, 15) is 43.2 Å². The number of ether oxygens (including phenoxy) is 4. The van der Waals surface area contributed by atoms with Crippen LogP contribution < -0.4 is 0 Å². The van der Waals surface area contributed by atoms with E-state index in [0.29, 0.717) is 25.7 Å². The van der Waals surface area contributed by atoms with Gasteiger partial charge in [-0.15, -0.1) is 0 Å². The third-order valence-electron chi connectivity index (χ3n) is 20.1. The van der Waals surface area contributed by atoms with E-state index in [-0.39, 0.29) is 25.7 Å². The largest absolute Gasteiger partial charge is 0.472 e. The summed E-state index contributed by atoms with van der Waals surface area (Å²) in [6, 6.07) is 0. The van der Waals surface area contributed by atoms with Crippen LogP contribution in [0.15, 0.2) is 0 Å². The molecule has 0 aromatic carbocycles. The number of carbonyl (C=O) groups is 4. The van der Waals surface area contributed by atoms with E-state index in [1.54, 1.807) is 0 Å². The molecule has 3 unspecified atom stereocenters. The van der Waals surface area contributed by atoms with Crippen LogP contribution in [0.2, 0.25) is 0 Å². The van der Waals surface area contributed by atoms with Gasteiger partial charge in [0.15, 0.2) is 12.2 Å². The van der Waals surface area contributed by atoms with Crippen LogP contribution in [0.5, 0.6) is 0 Å². The quantitative estimate of drug-likeness (QED) is 0.0222. The summed E-state index contributed by atoms with van der Waals surface area (Å²) in [5, 5.41) is 10.7. The predicted octanol–water partition coefficient (Wildman–Crippen LogP) is 25.5. The lowest BCUT2D eigenvalue weighted by Crippen LogP contribution is -2.30. The first-order valence-corrected chi connectivity index (χ1v) is 46.5. The predicted molar refractivity (Wildman–Crippen MR) is 423 cm³/mol. The fourth-order valence-electron chi connectivity index (χ4n) is 13.0. The molecule has 0 radical (unpaired) electrons. The van der Waals surface area contributed by atoms with Crippen molar-refractivity contribution in [1.82, 2.24) is 0 Å². The molecular formula is C84H164O17P2. The van der Waals surface area contributed by atoms with E-state index in [2.05, 4.69) is 41.5 Å². The molecule has 0 bridgehead atoms. The molecule has 19 heteroatoms. The number of phosphoric acid groups is 2. The van der Waals surface area contributed by atoms with Gasteiger partial charge in [0.2, 0.25) is 0 Å². The molecule has 0 amide bonds. The highest BCUT2D eigenvalue weighted by Crippen LogP contribution is 2.45. The molecular weight excluding hydrogens is 1340 g/mol. The summed E-state index contributed by atoms with van der Waals surface area (Å²) in [6.07, 6.45) is 66.4. The zero-order valence-electron chi connectivity index (χ0n) is 67.6. The fraction of sp³-hybridized carbons (Fsp3) is 0.952. The maximum absolute atomic E-state index is 13.1. The first kappa shape index (κ1) is 101. The van der Waals surface area contributed by atoms with Crippen molar-refractivity contribution in [2.75, 3.05) is 39.6 Å². The van der Waals surface area contributed by atoms with Crippen LogP contribution in [0.3, 0.4) is 0 Å². The normalized spacial score (nSPS) is 14.1. The van der Waals surface area contributed by atoms with Crippen molar-refractivity contribution in [3.63, 3.8) is 0 Å². The average Bonchev–Trinajstić information content (AvgIpc) is 0.911. The Balaban J connectivity index is 5.23. The molecule has 17 nitrogen and oxygen atoms in total. The Labute approximate surface area is 632 Å². The van der Waals surface area contributed by atoms with Crippen molar-refractivity contribution in [2.24, 2.45) is 11.8 Å². The Kier molecular flexibility index (Phi) is 74.1. The highest BCUT2D eigenvalue weighted by atomic mass is 31.2. The molecule has 0 fully saturated rings. The third-order valence-corrected chi connectivity index (χ3v) is 22.0. The topological polar surface area (TPSA) is 237 Å². The Bertz CT molecular complexity index is 1980. The molecule has 0 aliphatic carbocycles. The van der Waals surface area contributed by atoms with Gasteiger partial charge in [-0.1, -0.05) is 395 Å². The Morgan fingerprint density at radius 3 is 0.738 bits per heavy atom. The maximum atomic E-state index is 13.1. The number of hydrogen-bond acceptors (Lipinski definition) is 15. The first-order chi connectivity index (χ1) is 49.9. The first-order valence-electron chi connectivity index (χ1n) is 43.5. The number of esters is 4. The Hall–Kier alpha value is -1.94. The lowest BCUT2D eigenvalue weighted by molar-refractivity contribution is -0.161. The van der Waals surface area contributed by atoms with Crippen LogP contribution in [-0.4, -0.2) is 96.7 Å². The minimum absolute atomic E-state index is 0.108. The van der Waals surface area contributed by atoms with E-state index < -0.39 is 97.5 Å². The molecule has 6 atom stereocenters. The number of aliphatic hydroxyl groups excluding tert-OH is 1. The van der Waals surface area contributed by atoms with E-state index in [1.165, 1.54) is 263 Å². The van der Waals surface area contributed by atoms with Crippen LogP contribution in [-0.2, 0) is 65.4 Å². The summed E-state index contributed by atoms with van der Waals surface area (Å²) in [4.78, 5) is 73.1. The molecule has 103 heavy (non-hydrogen) atoms. The lowest BCUT2D eigenvalue weighted by Gasteiger charge is -2.21. The molecule has 3 N–H and O–H groups in total. The second-order valence-electron chi connectivity index (χ2n) is 30.9. The zero-order valence-corrected chi connectivity index (χ0v) is 69.4. The number of hydrogen-bond donors (Lipinski definition) is 3. The minimum atomic E-state index is -4.96. The fourth-order valence-corrected chi connectivity index (χ4v) is 14.6. The molecule has 0 aliphatic rings. The van der Waals surface area contributed by atoms with Crippen LogP contribution in [0.4, 0.5) is 0 Å². The molecule has 0 aromatic rings. The van der Waals surface area contributed by atoms with Crippen molar-refractivity contribution in [3.05, 3.63) is 0 Å². The van der Waals surface area contributed by atoms with Gasteiger partial charge < -0.3 is 33.8 Å². The lowest BCUT2D eigenvalue weighted by atomic mass is 9.99. The maximum Gasteiger partial charge on any atom is 0.472 e. The van der Waals surface area contributed by atoms with Gasteiger partial charge in [0, 0.05) is 25.7 Å². The molecule has 612 valence electrons. The summed E-state index contributed by atoms with van der Waals surface area (Å²) >= 11 is 0.